The molecule has 106 valence electrons. The smallest absolute Gasteiger partial charge is 0.264 e. The Morgan fingerprint density at radius 3 is 3.00 bits per heavy atom. The molecule has 19 heavy (non-hydrogen) atoms. The summed E-state index contributed by atoms with van der Waals surface area (Å²) >= 11 is 0. The topological polar surface area (TPSA) is 77.5 Å². The Morgan fingerprint density at radius 1 is 1.47 bits per heavy atom. The minimum Gasteiger partial charge on any atom is -0.490 e. The number of aromatic nitrogens is 1. The van der Waals surface area contributed by atoms with Crippen LogP contribution >= 0.6 is 0 Å². The van der Waals surface area contributed by atoms with Gasteiger partial charge in [0.2, 0.25) is 0 Å². The lowest BCUT2D eigenvalue weighted by atomic mass is 10.1. The fraction of sp³-hybridized carbons (Fsp3) is 0.583. The molecule has 7 heteroatoms. The lowest BCUT2D eigenvalue weighted by molar-refractivity contribution is 0.250. The third kappa shape index (κ3) is 5.14. The van der Waals surface area contributed by atoms with Crippen LogP contribution in [0.2, 0.25) is 0 Å². The zero-order valence-electron chi connectivity index (χ0n) is 10.8. The maximum absolute atomic E-state index is 10.9. The van der Waals surface area contributed by atoms with Gasteiger partial charge in [0.1, 0.15) is 12.4 Å². The quantitative estimate of drug-likeness (QED) is 0.763. The van der Waals surface area contributed by atoms with Crippen molar-refractivity contribution in [3.8, 4) is 5.75 Å². The summed E-state index contributed by atoms with van der Waals surface area (Å²) in [6, 6.07) is 3.89. The van der Waals surface area contributed by atoms with Gasteiger partial charge >= 0.3 is 0 Å². The summed E-state index contributed by atoms with van der Waals surface area (Å²) in [5, 5.41) is 3.29. The third-order valence-electron chi connectivity index (χ3n) is 2.92. The van der Waals surface area contributed by atoms with Crippen molar-refractivity contribution in [3.63, 3.8) is 0 Å². The van der Waals surface area contributed by atoms with E-state index in [0.717, 1.165) is 25.0 Å². The minimum atomic E-state index is -3.35. The molecule has 0 aromatic carbocycles. The van der Waals surface area contributed by atoms with Crippen molar-refractivity contribution in [2.45, 2.75) is 12.5 Å². The standard InChI is InChI=1S/C12H18N2O4S/c1-19(15,16)18-8-10-5-11(14-6-10)9-17-12-3-2-4-13-7-12/h2-4,7,10-11,14H,5-6,8-9H2,1H3. The number of nitrogens with zero attached hydrogens (tertiary/aromatic N) is 1. The molecule has 2 atom stereocenters. The minimum absolute atomic E-state index is 0.206. The highest BCUT2D eigenvalue weighted by molar-refractivity contribution is 7.85. The van der Waals surface area contributed by atoms with Crippen LogP contribution in [0.3, 0.4) is 0 Å². The average molecular weight is 286 g/mol. The Kier molecular flexibility index (Phi) is 4.73. The first-order chi connectivity index (χ1) is 9.03. The van der Waals surface area contributed by atoms with Crippen molar-refractivity contribution in [1.29, 1.82) is 0 Å². The maximum atomic E-state index is 10.9. The summed E-state index contributed by atoms with van der Waals surface area (Å²) < 4.78 is 32.2. The summed E-state index contributed by atoms with van der Waals surface area (Å²) in [6.07, 6.45) is 5.27. The van der Waals surface area contributed by atoms with Gasteiger partial charge in [0.05, 0.1) is 19.1 Å². The predicted octanol–water partition coefficient (Wildman–Crippen LogP) is 0.415. The number of rotatable bonds is 6. The second-order valence-electron chi connectivity index (χ2n) is 4.70. The van der Waals surface area contributed by atoms with Crippen LogP contribution < -0.4 is 10.1 Å². The first-order valence-corrected chi connectivity index (χ1v) is 7.95. The predicted molar refractivity (Wildman–Crippen MR) is 70.4 cm³/mol. The van der Waals surface area contributed by atoms with E-state index in [0.29, 0.717) is 6.61 Å². The number of nitrogens with one attached hydrogen (secondary N) is 1. The van der Waals surface area contributed by atoms with Gasteiger partial charge in [-0.25, -0.2) is 0 Å². The van der Waals surface area contributed by atoms with Crippen molar-refractivity contribution in [1.82, 2.24) is 10.3 Å². The van der Waals surface area contributed by atoms with E-state index < -0.39 is 10.1 Å². The SMILES string of the molecule is CS(=O)(=O)OCC1CNC(COc2cccnc2)C1. The van der Waals surface area contributed by atoms with Crippen LogP contribution in [0.25, 0.3) is 0 Å². The molecule has 0 amide bonds. The van der Waals surface area contributed by atoms with Gasteiger partial charge in [-0.1, -0.05) is 0 Å². The van der Waals surface area contributed by atoms with Gasteiger partial charge in [-0.3, -0.25) is 9.17 Å². The molecule has 1 aromatic rings. The Bertz CT molecular complexity index is 492. The average Bonchev–Trinajstić information content (AvgIpc) is 2.82. The molecule has 1 aliphatic heterocycles. The normalized spacial score (nSPS) is 23.4. The van der Waals surface area contributed by atoms with E-state index in [1.807, 2.05) is 12.1 Å². The molecule has 6 nitrogen and oxygen atoms in total. The molecule has 2 rings (SSSR count). The highest BCUT2D eigenvalue weighted by atomic mass is 32.2. The van der Waals surface area contributed by atoms with Gasteiger partial charge in [-0.15, -0.1) is 0 Å². The van der Waals surface area contributed by atoms with Crippen LogP contribution in [0.5, 0.6) is 5.75 Å². The molecule has 2 unspecified atom stereocenters. The summed E-state index contributed by atoms with van der Waals surface area (Å²) in [5.41, 5.74) is 0. The van der Waals surface area contributed by atoms with Gasteiger partial charge in [0.15, 0.2) is 0 Å². The first-order valence-electron chi connectivity index (χ1n) is 6.13. The Labute approximate surface area is 113 Å². The lowest BCUT2D eigenvalue weighted by Crippen LogP contribution is -2.28. The Hall–Kier alpha value is -1.18. The molecular weight excluding hydrogens is 268 g/mol. The van der Waals surface area contributed by atoms with E-state index in [2.05, 4.69) is 10.3 Å². The molecular formula is C12H18N2O4S. The van der Waals surface area contributed by atoms with Crippen LogP contribution in [0, 0.1) is 5.92 Å². The van der Waals surface area contributed by atoms with Gasteiger partial charge in [0.25, 0.3) is 10.1 Å². The van der Waals surface area contributed by atoms with Gasteiger partial charge < -0.3 is 10.1 Å². The summed E-state index contributed by atoms with van der Waals surface area (Å²) in [7, 11) is -3.35. The molecule has 1 N–H and O–H groups in total. The van der Waals surface area contributed by atoms with Gasteiger partial charge in [-0.2, -0.15) is 8.42 Å². The highest BCUT2D eigenvalue weighted by Gasteiger charge is 2.25. The van der Waals surface area contributed by atoms with Crippen molar-refractivity contribution in [3.05, 3.63) is 24.5 Å². The van der Waals surface area contributed by atoms with Gasteiger partial charge in [0, 0.05) is 18.8 Å². The molecule has 1 aromatic heterocycles. The van der Waals surface area contributed by atoms with Crippen molar-refractivity contribution >= 4 is 10.1 Å². The van der Waals surface area contributed by atoms with E-state index in [-0.39, 0.29) is 18.6 Å². The van der Waals surface area contributed by atoms with Crippen molar-refractivity contribution in [2.24, 2.45) is 5.92 Å². The summed E-state index contributed by atoms with van der Waals surface area (Å²) in [6.45, 7) is 1.52. The van der Waals surface area contributed by atoms with Crippen molar-refractivity contribution < 1.29 is 17.3 Å². The largest absolute Gasteiger partial charge is 0.490 e. The molecule has 1 saturated heterocycles. The van der Waals surface area contributed by atoms with Crippen LogP contribution in [0.1, 0.15) is 6.42 Å². The van der Waals surface area contributed by atoms with E-state index >= 15 is 0 Å². The van der Waals surface area contributed by atoms with E-state index in [1.165, 1.54) is 0 Å². The van der Waals surface area contributed by atoms with Crippen LogP contribution in [-0.2, 0) is 14.3 Å². The molecule has 0 radical (unpaired) electrons. The monoisotopic (exact) mass is 286 g/mol. The zero-order chi connectivity index (χ0) is 13.7. The van der Waals surface area contributed by atoms with E-state index in [9.17, 15) is 8.42 Å². The Balaban J connectivity index is 1.70. The summed E-state index contributed by atoms with van der Waals surface area (Å²) in [4.78, 5) is 3.97. The zero-order valence-corrected chi connectivity index (χ0v) is 11.6. The molecule has 0 aliphatic carbocycles. The number of hydrogen-bond acceptors (Lipinski definition) is 6. The third-order valence-corrected chi connectivity index (χ3v) is 3.48. The fourth-order valence-corrected chi connectivity index (χ4v) is 2.45. The first kappa shape index (κ1) is 14.2. The lowest BCUT2D eigenvalue weighted by Gasteiger charge is -2.12. The fourth-order valence-electron chi connectivity index (χ4n) is 2.01. The van der Waals surface area contributed by atoms with E-state index in [4.69, 9.17) is 8.92 Å². The molecule has 1 fully saturated rings. The maximum Gasteiger partial charge on any atom is 0.264 e. The second kappa shape index (κ2) is 6.31. The van der Waals surface area contributed by atoms with Crippen LogP contribution in [0.15, 0.2) is 24.5 Å². The van der Waals surface area contributed by atoms with Crippen LogP contribution in [-0.4, -0.2) is 45.5 Å². The molecule has 0 spiro atoms. The molecule has 0 saturated carbocycles. The number of hydrogen-bond donors (Lipinski definition) is 1. The molecule has 2 heterocycles. The summed E-state index contributed by atoms with van der Waals surface area (Å²) in [5.74, 6) is 0.942. The van der Waals surface area contributed by atoms with Crippen molar-refractivity contribution in [2.75, 3.05) is 26.0 Å². The number of pyridine rings is 1. The van der Waals surface area contributed by atoms with Crippen LogP contribution in [0.4, 0.5) is 0 Å². The Morgan fingerprint density at radius 2 is 2.32 bits per heavy atom. The second-order valence-corrected chi connectivity index (χ2v) is 6.34. The number of ether oxygens (including phenoxy) is 1. The van der Waals surface area contributed by atoms with Gasteiger partial charge in [-0.05, 0) is 24.5 Å². The molecule has 1 aliphatic rings. The highest BCUT2D eigenvalue weighted by Crippen LogP contribution is 2.16. The molecule has 0 bridgehead atoms. The van der Waals surface area contributed by atoms with E-state index in [1.54, 1.807) is 12.4 Å².